The van der Waals surface area contributed by atoms with Gasteiger partial charge in [-0.1, -0.05) is 27.2 Å². The Morgan fingerprint density at radius 1 is 0.727 bits per heavy atom. The molecule has 0 fully saturated rings. The molecule has 0 aromatic heterocycles. The second-order valence-electron chi connectivity index (χ2n) is 3.20. The monoisotopic (exact) mass is 176 g/mol. The van der Waals surface area contributed by atoms with Crippen molar-refractivity contribution in [2.45, 2.75) is 46.5 Å². The summed E-state index contributed by atoms with van der Waals surface area (Å²) in [7, 11) is 0.433. The average molecular weight is 176 g/mol. The maximum Gasteiger partial charge on any atom is -0.0253 e. The van der Waals surface area contributed by atoms with Crippen LogP contribution in [0.1, 0.15) is 46.5 Å². The highest BCUT2D eigenvalue weighted by molar-refractivity contribution is 8.17. The Labute approximate surface area is 75.1 Å². The molecule has 0 bridgehead atoms. The van der Waals surface area contributed by atoms with Gasteiger partial charge < -0.3 is 0 Å². The molecule has 0 rings (SSSR count). The summed E-state index contributed by atoms with van der Waals surface area (Å²) in [5, 5.41) is 0. The standard InChI is InChI=1S/C10H24S/c1-4-7-10-11(8-5-2)9-6-3/h11H,4-10H2,1-3H3. The number of thiol groups is 1. The van der Waals surface area contributed by atoms with Crippen molar-refractivity contribution >= 4 is 10.9 Å². The van der Waals surface area contributed by atoms with E-state index in [1.54, 1.807) is 0 Å². The lowest BCUT2D eigenvalue weighted by Crippen LogP contribution is -1.97. The Balaban J connectivity index is 3.34. The molecule has 0 saturated heterocycles. The predicted molar refractivity (Wildman–Crippen MR) is 59.1 cm³/mol. The van der Waals surface area contributed by atoms with E-state index in [1.807, 2.05) is 0 Å². The zero-order chi connectivity index (χ0) is 8.53. The molecule has 0 saturated carbocycles. The molecule has 0 spiro atoms. The predicted octanol–water partition coefficient (Wildman–Crippen LogP) is 3.61. The summed E-state index contributed by atoms with van der Waals surface area (Å²) in [5.74, 6) is 4.57. The Morgan fingerprint density at radius 3 is 1.64 bits per heavy atom. The Hall–Kier alpha value is 0.350. The quantitative estimate of drug-likeness (QED) is 0.563. The van der Waals surface area contributed by atoms with Crippen LogP contribution in [0, 0.1) is 0 Å². The molecule has 11 heavy (non-hydrogen) atoms. The minimum Gasteiger partial charge on any atom is -0.253 e. The van der Waals surface area contributed by atoms with Crippen LogP contribution in [0.15, 0.2) is 0 Å². The van der Waals surface area contributed by atoms with E-state index >= 15 is 0 Å². The molecule has 0 nitrogen and oxygen atoms in total. The van der Waals surface area contributed by atoms with Gasteiger partial charge in [-0.15, -0.1) is 0 Å². The Kier molecular flexibility index (Phi) is 8.72. The van der Waals surface area contributed by atoms with Crippen molar-refractivity contribution in [1.82, 2.24) is 0 Å². The number of hydrogen-bond donors (Lipinski definition) is 1. The third-order valence-corrected chi connectivity index (χ3v) is 5.02. The van der Waals surface area contributed by atoms with Gasteiger partial charge in [-0.3, -0.25) is 10.9 Å². The first kappa shape index (κ1) is 11.4. The second-order valence-corrected chi connectivity index (χ2v) is 5.88. The first-order valence-electron chi connectivity index (χ1n) is 5.07. The molecule has 0 N–H and O–H groups in total. The smallest absolute Gasteiger partial charge is 0.0253 e. The van der Waals surface area contributed by atoms with Gasteiger partial charge in [0, 0.05) is 0 Å². The third kappa shape index (κ3) is 6.74. The topological polar surface area (TPSA) is 0 Å². The molecule has 1 heteroatoms. The molecule has 0 aliphatic heterocycles. The molecule has 0 atom stereocenters. The van der Waals surface area contributed by atoms with Crippen LogP contribution in [0.5, 0.6) is 0 Å². The summed E-state index contributed by atoms with van der Waals surface area (Å²) in [5.41, 5.74) is 0. The molecular formula is C10H24S. The van der Waals surface area contributed by atoms with Crippen LogP contribution in [0.25, 0.3) is 0 Å². The van der Waals surface area contributed by atoms with E-state index in [-0.39, 0.29) is 0 Å². The summed E-state index contributed by atoms with van der Waals surface area (Å²) in [6.45, 7) is 6.93. The van der Waals surface area contributed by atoms with Crippen molar-refractivity contribution in [3.8, 4) is 0 Å². The van der Waals surface area contributed by atoms with Crippen LogP contribution in [0.2, 0.25) is 0 Å². The van der Waals surface area contributed by atoms with Gasteiger partial charge in [0.2, 0.25) is 0 Å². The fourth-order valence-corrected chi connectivity index (χ4v) is 4.05. The lowest BCUT2D eigenvalue weighted by molar-refractivity contribution is 0.889. The molecule has 70 valence electrons. The van der Waals surface area contributed by atoms with E-state index in [1.165, 1.54) is 42.9 Å². The normalized spacial score (nSPS) is 11.7. The zero-order valence-corrected chi connectivity index (χ0v) is 9.29. The Bertz CT molecular complexity index is 65.3. The second kappa shape index (κ2) is 8.45. The van der Waals surface area contributed by atoms with Crippen molar-refractivity contribution in [1.29, 1.82) is 0 Å². The lowest BCUT2D eigenvalue weighted by atomic mass is 10.4. The van der Waals surface area contributed by atoms with Crippen molar-refractivity contribution in [3.63, 3.8) is 0 Å². The summed E-state index contributed by atoms with van der Waals surface area (Å²) < 4.78 is 0. The van der Waals surface area contributed by atoms with Gasteiger partial charge in [0.15, 0.2) is 0 Å². The molecule has 0 aliphatic rings. The van der Waals surface area contributed by atoms with Crippen LogP contribution in [0.3, 0.4) is 0 Å². The first-order chi connectivity index (χ1) is 5.35. The van der Waals surface area contributed by atoms with Gasteiger partial charge in [0.05, 0.1) is 0 Å². The molecular weight excluding hydrogens is 152 g/mol. The van der Waals surface area contributed by atoms with Gasteiger partial charge in [0.25, 0.3) is 0 Å². The molecule has 0 aromatic rings. The van der Waals surface area contributed by atoms with Gasteiger partial charge in [-0.05, 0) is 36.5 Å². The summed E-state index contributed by atoms with van der Waals surface area (Å²) in [6.07, 6.45) is 5.64. The molecule has 0 aliphatic carbocycles. The lowest BCUT2D eigenvalue weighted by Gasteiger charge is -2.19. The van der Waals surface area contributed by atoms with E-state index in [0.717, 1.165) is 0 Å². The highest BCUT2D eigenvalue weighted by Gasteiger charge is 1.99. The Morgan fingerprint density at radius 2 is 1.27 bits per heavy atom. The van der Waals surface area contributed by atoms with Crippen molar-refractivity contribution in [2.75, 3.05) is 17.3 Å². The summed E-state index contributed by atoms with van der Waals surface area (Å²) in [6, 6.07) is 0. The summed E-state index contributed by atoms with van der Waals surface area (Å²) >= 11 is 0. The van der Waals surface area contributed by atoms with Crippen LogP contribution in [-0.2, 0) is 0 Å². The van der Waals surface area contributed by atoms with Crippen molar-refractivity contribution in [3.05, 3.63) is 0 Å². The van der Waals surface area contributed by atoms with Crippen LogP contribution < -0.4 is 0 Å². The van der Waals surface area contributed by atoms with E-state index in [2.05, 4.69) is 20.8 Å². The van der Waals surface area contributed by atoms with E-state index in [0.29, 0.717) is 10.9 Å². The number of hydrogen-bond acceptors (Lipinski definition) is 0. The van der Waals surface area contributed by atoms with E-state index in [4.69, 9.17) is 0 Å². The molecule has 0 heterocycles. The maximum atomic E-state index is 2.32. The first-order valence-corrected chi connectivity index (χ1v) is 6.97. The van der Waals surface area contributed by atoms with Gasteiger partial charge in [-0.2, -0.15) is 0 Å². The molecule has 0 aromatic carbocycles. The van der Waals surface area contributed by atoms with Gasteiger partial charge in [0.1, 0.15) is 0 Å². The highest BCUT2D eigenvalue weighted by Crippen LogP contribution is 2.27. The minimum absolute atomic E-state index is 0.433. The highest BCUT2D eigenvalue weighted by atomic mass is 32.2. The van der Waals surface area contributed by atoms with Crippen LogP contribution in [-0.4, -0.2) is 17.3 Å². The number of rotatable bonds is 7. The number of unbranched alkanes of at least 4 members (excludes halogenated alkanes) is 1. The largest absolute Gasteiger partial charge is 0.253 e. The van der Waals surface area contributed by atoms with E-state index in [9.17, 15) is 0 Å². The van der Waals surface area contributed by atoms with Gasteiger partial charge in [-0.25, -0.2) is 0 Å². The molecule has 0 unspecified atom stereocenters. The van der Waals surface area contributed by atoms with Crippen LogP contribution >= 0.6 is 10.9 Å². The van der Waals surface area contributed by atoms with E-state index < -0.39 is 0 Å². The zero-order valence-electron chi connectivity index (χ0n) is 8.40. The average Bonchev–Trinajstić information content (AvgIpc) is 2.01. The summed E-state index contributed by atoms with van der Waals surface area (Å²) in [4.78, 5) is 0. The fraction of sp³-hybridized carbons (Fsp3) is 1.00. The van der Waals surface area contributed by atoms with Gasteiger partial charge >= 0.3 is 0 Å². The third-order valence-electron chi connectivity index (χ3n) is 1.91. The van der Waals surface area contributed by atoms with Crippen molar-refractivity contribution < 1.29 is 0 Å². The van der Waals surface area contributed by atoms with Crippen molar-refractivity contribution in [2.24, 2.45) is 0 Å². The maximum absolute atomic E-state index is 2.32. The fourth-order valence-electron chi connectivity index (χ4n) is 1.35. The molecule has 0 amide bonds. The SMILES string of the molecule is CCCC[SH](CCC)CCC. The molecule has 0 radical (unpaired) electrons. The minimum atomic E-state index is 0.433. The van der Waals surface area contributed by atoms with Crippen LogP contribution in [0.4, 0.5) is 0 Å².